The Morgan fingerprint density at radius 3 is 2.82 bits per heavy atom. The van der Waals surface area contributed by atoms with E-state index < -0.39 is 0 Å². The smallest absolute Gasteiger partial charge is 0.204 e. The van der Waals surface area contributed by atoms with E-state index in [9.17, 15) is 0 Å². The van der Waals surface area contributed by atoms with Gasteiger partial charge in [0.25, 0.3) is 0 Å². The van der Waals surface area contributed by atoms with Gasteiger partial charge >= 0.3 is 0 Å². The van der Waals surface area contributed by atoms with E-state index in [1.807, 2.05) is 0 Å². The van der Waals surface area contributed by atoms with Crippen LogP contribution in [0.5, 0.6) is 0 Å². The number of thiophene rings is 1. The highest BCUT2D eigenvalue weighted by atomic mass is 32.1. The first-order valence-corrected chi connectivity index (χ1v) is 8.98. The number of para-hydroxylation sites is 2. The number of nitrogens with one attached hydrogen (secondary N) is 1. The van der Waals surface area contributed by atoms with Gasteiger partial charge in [-0.1, -0.05) is 44.4 Å². The molecule has 2 heterocycles. The Hall–Kier alpha value is -1.81. The molecule has 0 aliphatic heterocycles. The molecule has 0 spiro atoms. The van der Waals surface area contributed by atoms with Gasteiger partial charge < -0.3 is 9.88 Å². The molecule has 1 aromatic carbocycles. The summed E-state index contributed by atoms with van der Waals surface area (Å²) in [6.45, 7) is 4.13. The molecule has 0 amide bonds. The molecule has 0 unspecified atom stereocenters. The number of aryl methyl sites for hydroxylation is 1. The highest BCUT2D eigenvalue weighted by molar-refractivity contribution is 7.09. The lowest BCUT2D eigenvalue weighted by atomic mass is 10.2. The Morgan fingerprint density at radius 1 is 1.09 bits per heavy atom. The number of hydrogen-bond acceptors (Lipinski definition) is 3. The van der Waals surface area contributed by atoms with Crippen molar-refractivity contribution in [1.82, 2.24) is 9.55 Å². The molecular formula is C18H23N3S. The lowest BCUT2D eigenvalue weighted by Crippen LogP contribution is -2.07. The van der Waals surface area contributed by atoms with Crippen molar-refractivity contribution in [1.29, 1.82) is 0 Å². The van der Waals surface area contributed by atoms with Crippen molar-refractivity contribution >= 4 is 28.3 Å². The molecule has 0 radical (unpaired) electrons. The van der Waals surface area contributed by atoms with Gasteiger partial charge in [-0.3, -0.25) is 0 Å². The maximum atomic E-state index is 4.77. The molecule has 0 bridgehead atoms. The average Bonchev–Trinajstić information content (AvgIpc) is 3.17. The van der Waals surface area contributed by atoms with Crippen LogP contribution >= 0.6 is 11.3 Å². The van der Waals surface area contributed by atoms with E-state index in [4.69, 9.17) is 4.98 Å². The van der Waals surface area contributed by atoms with Gasteiger partial charge in [-0.2, -0.15) is 0 Å². The number of hydrogen-bond donors (Lipinski definition) is 1. The van der Waals surface area contributed by atoms with Gasteiger partial charge in [-0.05, 0) is 30.0 Å². The number of rotatable bonds is 8. The van der Waals surface area contributed by atoms with E-state index in [0.29, 0.717) is 0 Å². The summed E-state index contributed by atoms with van der Waals surface area (Å²) in [6, 6.07) is 12.7. The first-order valence-electron chi connectivity index (χ1n) is 8.10. The summed E-state index contributed by atoms with van der Waals surface area (Å²) in [4.78, 5) is 6.11. The molecule has 0 atom stereocenters. The van der Waals surface area contributed by atoms with Gasteiger partial charge in [-0.15, -0.1) is 11.3 Å². The Labute approximate surface area is 136 Å². The lowest BCUT2D eigenvalue weighted by molar-refractivity contribution is 0.594. The largest absolute Gasteiger partial charge is 0.351 e. The second kappa shape index (κ2) is 7.45. The SMILES string of the molecule is CCCCCCn1c(NCc2cccs2)nc2ccccc21. The lowest BCUT2D eigenvalue weighted by Gasteiger charge is -2.10. The minimum atomic E-state index is 0.843. The summed E-state index contributed by atoms with van der Waals surface area (Å²) in [5.41, 5.74) is 2.30. The standard InChI is InChI=1S/C18H23N3S/c1-2-3-4-7-12-21-17-11-6-5-10-16(17)20-18(21)19-14-15-9-8-13-22-15/h5-6,8-11,13H,2-4,7,12,14H2,1H3,(H,19,20). The fraction of sp³-hybridized carbons (Fsp3) is 0.389. The summed E-state index contributed by atoms with van der Waals surface area (Å²) in [5.74, 6) is 0.992. The van der Waals surface area contributed by atoms with Crippen LogP contribution in [0.3, 0.4) is 0 Å². The van der Waals surface area contributed by atoms with E-state index >= 15 is 0 Å². The molecule has 0 fully saturated rings. The van der Waals surface area contributed by atoms with E-state index in [1.54, 1.807) is 11.3 Å². The predicted molar refractivity (Wildman–Crippen MR) is 95.5 cm³/mol. The number of benzene rings is 1. The van der Waals surface area contributed by atoms with Crippen LogP contribution < -0.4 is 5.32 Å². The first kappa shape index (κ1) is 15.1. The highest BCUT2D eigenvalue weighted by Crippen LogP contribution is 2.21. The van der Waals surface area contributed by atoms with Gasteiger partial charge in [0.05, 0.1) is 17.6 Å². The quantitative estimate of drug-likeness (QED) is 0.573. The summed E-state index contributed by atoms with van der Waals surface area (Å²) < 4.78 is 2.33. The van der Waals surface area contributed by atoms with Crippen molar-refractivity contribution in [2.75, 3.05) is 5.32 Å². The number of fused-ring (bicyclic) bond motifs is 1. The fourth-order valence-corrected chi connectivity index (χ4v) is 3.36. The molecule has 0 saturated heterocycles. The summed E-state index contributed by atoms with van der Waals surface area (Å²) in [6.07, 6.45) is 5.08. The van der Waals surface area contributed by atoms with Crippen LogP contribution in [0.4, 0.5) is 5.95 Å². The Balaban J connectivity index is 1.77. The summed E-state index contributed by atoms with van der Waals surface area (Å²) in [5, 5.41) is 5.62. The highest BCUT2D eigenvalue weighted by Gasteiger charge is 2.09. The molecule has 3 rings (SSSR count). The van der Waals surface area contributed by atoms with Crippen LogP contribution in [0.2, 0.25) is 0 Å². The van der Waals surface area contributed by atoms with Gasteiger partial charge in [0, 0.05) is 11.4 Å². The van der Waals surface area contributed by atoms with Crippen LogP contribution in [0.15, 0.2) is 41.8 Å². The summed E-state index contributed by atoms with van der Waals surface area (Å²) in [7, 11) is 0. The van der Waals surface area contributed by atoms with Gasteiger partial charge in [0.1, 0.15) is 0 Å². The Bertz CT molecular complexity index is 700. The Kier molecular flexibility index (Phi) is 5.11. The second-order valence-corrected chi connectivity index (χ2v) is 6.60. The van der Waals surface area contributed by atoms with Crippen molar-refractivity contribution in [3.05, 3.63) is 46.7 Å². The van der Waals surface area contributed by atoms with E-state index in [0.717, 1.165) is 24.6 Å². The van der Waals surface area contributed by atoms with E-state index in [1.165, 1.54) is 36.1 Å². The third kappa shape index (κ3) is 3.50. The zero-order valence-corrected chi connectivity index (χ0v) is 13.9. The zero-order chi connectivity index (χ0) is 15.2. The predicted octanol–water partition coefficient (Wildman–Crippen LogP) is 5.29. The maximum absolute atomic E-state index is 4.77. The van der Waals surface area contributed by atoms with Crippen molar-refractivity contribution in [2.24, 2.45) is 0 Å². The van der Waals surface area contributed by atoms with Crippen molar-refractivity contribution < 1.29 is 0 Å². The normalized spacial score (nSPS) is 11.1. The van der Waals surface area contributed by atoms with Crippen molar-refractivity contribution in [2.45, 2.75) is 45.7 Å². The second-order valence-electron chi connectivity index (χ2n) is 5.57. The molecule has 22 heavy (non-hydrogen) atoms. The van der Waals surface area contributed by atoms with Crippen molar-refractivity contribution in [3.63, 3.8) is 0 Å². The van der Waals surface area contributed by atoms with Gasteiger partial charge in [-0.25, -0.2) is 4.98 Å². The molecule has 0 aliphatic carbocycles. The van der Waals surface area contributed by atoms with Crippen LogP contribution in [0, 0.1) is 0 Å². The minimum absolute atomic E-state index is 0.843. The molecule has 4 heteroatoms. The molecule has 3 nitrogen and oxygen atoms in total. The molecule has 1 N–H and O–H groups in total. The molecule has 0 aliphatic rings. The van der Waals surface area contributed by atoms with E-state index in [2.05, 4.69) is 58.6 Å². The number of aromatic nitrogens is 2. The molecule has 0 saturated carbocycles. The average molecular weight is 313 g/mol. The van der Waals surface area contributed by atoms with Crippen LogP contribution in [0.25, 0.3) is 11.0 Å². The monoisotopic (exact) mass is 313 g/mol. The van der Waals surface area contributed by atoms with Gasteiger partial charge in [0.2, 0.25) is 5.95 Å². The van der Waals surface area contributed by atoms with Crippen LogP contribution in [-0.2, 0) is 13.1 Å². The topological polar surface area (TPSA) is 29.9 Å². The van der Waals surface area contributed by atoms with E-state index in [-0.39, 0.29) is 0 Å². The minimum Gasteiger partial charge on any atom is -0.351 e. The summed E-state index contributed by atoms with van der Waals surface area (Å²) >= 11 is 1.78. The maximum Gasteiger partial charge on any atom is 0.204 e. The van der Waals surface area contributed by atoms with Crippen LogP contribution in [0.1, 0.15) is 37.5 Å². The number of imidazole rings is 1. The fourth-order valence-electron chi connectivity index (χ4n) is 2.71. The third-order valence-corrected chi connectivity index (χ3v) is 4.77. The number of nitrogens with zero attached hydrogens (tertiary/aromatic N) is 2. The molecule has 116 valence electrons. The number of anilines is 1. The molecular weight excluding hydrogens is 290 g/mol. The number of unbranched alkanes of at least 4 members (excludes halogenated alkanes) is 3. The van der Waals surface area contributed by atoms with Crippen molar-refractivity contribution in [3.8, 4) is 0 Å². The van der Waals surface area contributed by atoms with Gasteiger partial charge in [0.15, 0.2) is 0 Å². The molecule has 2 aromatic heterocycles. The third-order valence-electron chi connectivity index (χ3n) is 3.89. The zero-order valence-electron chi connectivity index (χ0n) is 13.1. The Morgan fingerprint density at radius 2 is 2.00 bits per heavy atom. The van der Waals surface area contributed by atoms with Crippen LogP contribution in [-0.4, -0.2) is 9.55 Å². The first-order chi connectivity index (χ1) is 10.9. The molecule has 3 aromatic rings.